The molecule has 9 aromatic carbocycles. The Morgan fingerprint density at radius 3 is 1.26 bits per heavy atom. The van der Waals surface area contributed by atoms with E-state index in [1.165, 1.54) is 106 Å². The second-order valence-corrected chi connectivity index (χ2v) is 15.3. The van der Waals surface area contributed by atoms with E-state index in [0.29, 0.717) is 0 Å². The average Bonchev–Trinajstić information content (AvgIpc) is 3.74. The molecular weight excluding hydrogens is 641 g/mol. The summed E-state index contributed by atoms with van der Waals surface area (Å²) in [7, 11) is 0. The van der Waals surface area contributed by atoms with Gasteiger partial charge < -0.3 is 0 Å². The van der Waals surface area contributed by atoms with Crippen molar-refractivity contribution in [2.24, 2.45) is 0 Å². The third-order valence-electron chi connectivity index (χ3n) is 10.4. The van der Waals surface area contributed by atoms with E-state index in [4.69, 9.17) is 0 Å². The van der Waals surface area contributed by atoms with E-state index >= 15 is 0 Å². The number of benzene rings is 9. The van der Waals surface area contributed by atoms with Crippen LogP contribution in [0.1, 0.15) is 0 Å². The van der Waals surface area contributed by atoms with Crippen molar-refractivity contribution in [2.75, 3.05) is 0 Å². The van der Waals surface area contributed by atoms with Gasteiger partial charge in [-0.25, -0.2) is 0 Å². The zero-order chi connectivity index (χ0) is 32.8. The molecule has 0 aliphatic rings. The summed E-state index contributed by atoms with van der Waals surface area (Å²) in [5.41, 5.74) is 7.70. The van der Waals surface area contributed by atoms with E-state index in [0.717, 1.165) is 0 Å². The van der Waals surface area contributed by atoms with Crippen molar-refractivity contribution >= 4 is 95.3 Å². The summed E-state index contributed by atoms with van der Waals surface area (Å²) < 4.78 is 5.40. The summed E-state index contributed by atoms with van der Waals surface area (Å²) in [6, 6.07) is 63.1. The van der Waals surface area contributed by atoms with Crippen LogP contribution in [-0.4, -0.2) is 0 Å². The first-order chi connectivity index (χ1) is 24.8. The van der Waals surface area contributed by atoms with Crippen LogP contribution < -0.4 is 0 Å². The van der Waals surface area contributed by atoms with Gasteiger partial charge in [0.25, 0.3) is 0 Å². The molecule has 0 nitrogen and oxygen atoms in total. The lowest BCUT2D eigenvalue weighted by atomic mass is 9.85. The van der Waals surface area contributed by atoms with Gasteiger partial charge in [-0.2, -0.15) is 0 Å². The van der Waals surface area contributed by atoms with Gasteiger partial charge in [0.05, 0.1) is 0 Å². The quantitative estimate of drug-likeness (QED) is 0.164. The zero-order valence-electron chi connectivity index (χ0n) is 27.0. The molecule has 0 N–H and O–H groups in total. The molecule has 232 valence electrons. The van der Waals surface area contributed by atoms with E-state index in [1.807, 2.05) is 22.7 Å². The van der Waals surface area contributed by atoms with Crippen LogP contribution in [0.4, 0.5) is 0 Å². The highest BCUT2D eigenvalue weighted by molar-refractivity contribution is 7.29. The molecule has 11 aromatic rings. The maximum Gasteiger partial charge on any atom is 0.0448 e. The van der Waals surface area contributed by atoms with E-state index in [9.17, 15) is 0 Å². The summed E-state index contributed by atoms with van der Waals surface area (Å²) in [5.74, 6) is 0. The second-order valence-electron chi connectivity index (χ2n) is 13.2. The normalized spacial score (nSPS) is 12.0. The summed E-state index contributed by atoms with van der Waals surface area (Å²) in [5, 5.41) is 13.0. The fourth-order valence-corrected chi connectivity index (χ4v) is 10.8. The zero-order valence-corrected chi connectivity index (χ0v) is 28.6. The molecule has 0 aliphatic heterocycles. The predicted molar refractivity (Wildman–Crippen MR) is 221 cm³/mol. The van der Waals surface area contributed by atoms with Crippen LogP contribution in [0.2, 0.25) is 0 Å². The Hall–Kier alpha value is -5.80. The molecule has 50 heavy (non-hydrogen) atoms. The molecule has 0 saturated heterocycles. The van der Waals surface area contributed by atoms with E-state index in [2.05, 4.69) is 170 Å². The molecule has 0 atom stereocenters. The van der Waals surface area contributed by atoms with Gasteiger partial charge in [0.2, 0.25) is 0 Å². The molecule has 0 amide bonds. The van der Waals surface area contributed by atoms with Crippen molar-refractivity contribution in [1.82, 2.24) is 0 Å². The molecule has 0 aliphatic carbocycles. The first kappa shape index (κ1) is 28.1. The lowest BCUT2D eigenvalue weighted by Gasteiger charge is -2.18. The number of hydrogen-bond donors (Lipinski definition) is 0. The topological polar surface area (TPSA) is 0 Å². The van der Waals surface area contributed by atoms with Crippen LogP contribution in [-0.2, 0) is 0 Å². The lowest BCUT2D eigenvalue weighted by Crippen LogP contribution is -1.91. The summed E-state index contributed by atoms with van der Waals surface area (Å²) in [4.78, 5) is 0. The molecule has 0 spiro atoms. The van der Waals surface area contributed by atoms with Gasteiger partial charge in [0.15, 0.2) is 0 Å². The minimum atomic E-state index is 1.24. The van der Waals surface area contributed by atoms with Crippen LogP contribution in [0, 0.1) is 0 Å². The van der Waals surface area contributed by atoms with Crippen molar-refractivity contribution in [3.05, 3.63) is 170 Å². The van der Waals surface area contributed by atoms with Gasteiger partial charge in [0.1, 0.15) is 0 Å². The van der Waals surface area contributed by atoms with Crippen molar-refractivity contribution in [3.8, 4) is 33.4 Å². The molecule has 0 unspecified atom stereocenters. The van der Waals surface area contributed by atoms with Crippen LogP contribution in [0.5, 0.6) is 0 Å². The number of thiophene rings is 2. The van der Waals surface area contributed by atoms with Crippen LogP contribution in [0.3, 0.4) is 0 Å². The Morgan fingerprint density at radius 1 is 0.260 bits per heavy atom. The summed E-state index contributed by atoms with van der Waals surface area (Å²) in [6.07, 6.45) is 0. The maximum absolute atomic E-state index is 2.45. The molecular formula is C48H28S2. The monoisotopic (exact) mass is 668 g/mol. The van der Waals surface area contributed by atoms with Crippen molar-refractivity contribution in [3.63, 3.8) is 0 Å². The smallest absolute Gasteiger partial charge is 0.0448 e. The van der Waals surface area contributed by atoms with Gasteiger partial charge >= 0.3 is 0 Å². The minimum absolute atomic E-state index is 1.24. The molecule has 11 rings (SSSR count). The van der Waals surface area contributed by atoms with Crippen LogP contribution in [0.15, 0.2) is 170 Å². The molecule has 2 heterocycles. The Labute approximate surface area is 297 Å². The van der Waals surface area contributed by atoms with Crippen molar-refractivity contribution < 1.29 is 0 Å². The second kappa shape index (κ2) is 10.9. The molecule has 0 bridgehead atoms. The highest BCUT2D eigenvalue weighted by Gasteiger charge is 2.21. The lowest BCUT2D eigenvalue weighted by molar-refractivity contribution is 1.66. The molecule has 0 radical (unpaired) electrons. The molecule has 0 saturated carbocycles. The predicted octanol–water partition coefficient (Wildman–Crippen LogP) is 14.9. The summed E-state index contributed by atoms with van der Waals surface area (Å²) in [6.45, 7) is 0. The van der Waals surface area contributed by atoms with Gasteiger partial charge in [-0.1, -0.05) is 140 Å². The van der Waals surface area contributed by atoms with Crippen molar-refractivity contribution in [1.29, 1.82) is 0 Å². The van der Waals surface area contributed by atoms with E-state index < -0.39 is 0 Å². The average molecular weight is 669 g/mol. The Balaban J connectivity index is 1.21. The van der Waals surface area contributed by atoms with Gasteiger partial charge in [0, 0.05) is 45.9 Å². The standard InChI is InChI=1S/C48H28S2/c1-2-13-30-26-33(25-24-29(30)12-1)45-38-20-5-3-18-36(38)44(37-19-4-6-21-39(37)45)31-14-11-15-32(27-31)46-47-40(34-16-7-9-22-42(34)49-47)28-41-35-17-8-10-23-43(35)50-48(41)46/h1-28H. The molecule has 2 heteroatoms. The maximum atomic E-state index is 2.45. The van der Waals surface area contributed by atoms with Gasteiger partial charge in [-0.15, -0.1) is 22.7 Å². The highest BCUT2D eigenvalue weighted by atomic mass is 32.1. The minimum Gasteiger partial charge on any atom is -0.134 e. The van der Waals surface area contributed by atoms with Crippen LogP contribution >= 0.6 is 22.7 Å². The number of hydrogen-bond acceptors (Lipinski definition) is 2. The first-order valence-electron chi connectivity index (χ1n) is 17.1. The van der Waals surface area contributed by atoms with Crippen molar-refractivity contribution in [2.45, 2.75) is 0 Å². The fourth-order valence-electron chi connectivity index (χ4n) is 8.22. The molecule has 2 aromatic heterocycles. The SMILES string of the molecule is c1cc(-c2c3ccccc3c(-c3ccc4ccccc4c3)c3ccccc23)cc(-c2c3sc4ccccc4c3cc3c2sc2ccccc23)c1. The largest absolute Gasteiger partial charge is 0.134 e. The third kappa shape index (κ3) is 4.10. The Kier molecular flexibility index (Phi) is 6.09. The fraction of sp³-hybridized carbons (Fsp3) is 0. The number of fused-ring (bicyclic) bond motifs is 9. The third-order valence-corrected chi connectivity index (χ3v) is 12.8. The molecule has 0 fully saturated rings. The van der Waals surface area contributed by atoms with Gasteiger partial charge in [-0.05, 0) is 90.5 Å². The summed E-state index contributed by atoms with van der Waals surface area (Å²) >= 11 is 3.84. The number of rotatable bonds is 3. The Morgan fingerprint density at radius 2 is 0.700 bits per heavy atom. The van der Waals surface area contributed by atoms with E-state index in [1.54, 1.807) is 0 Å². The first-order valence-corrected chi connectivity index (χ1v) is 18.7. The van der Waals surface area contributed by atoms with Crippen LogP contribution in [0.25, 0.3) is 106 Å². The van der Waals surface area contributed by atoms with Gasteiger partial charge in [-0.3, -0.25) is 0 Å². The van der Waals surface area contributed by atoms with E-state index in [-0.39, 0.29) is 0 Å². The highest BCUT2D eigenvalue weighted by Crippen LogP contribution is 2.50. The Bertz CT molecular complexity index is 3010.